The summed E-state index contributed by atoms with van der Waals surface area (Å²) in [5.74, 6) is 0. The average molecular weight is 192 g/mol. The number of hydrogen-bond donors (Lipinski definition) is 0. The molecule has 78 valence electrons. The van der Waals surface area contributed by atoms with Crippen LogP contribution in [-0.4, -0.2) is 5.16 Å². The third-order valence-electron chi connectivity index (χ3n) is 1.63. The maximum absolute atomic E-state index is 2.91. The molecule has 0 nitrogen and oxygen atoms in total. The van der Waals surface area contributed by atoms with Crippen molar-refractivity contribution < 1.29 is 0 Å². The molecule has 0 saturated carbocycles. The quantitative estimate of drug-likeness (QED) is 0.559. The summed E-state index contributed by atoms with van der Waals surface area (Å²) in [6.07, 6.45) is 3.90. The maximum Gasteiger partial charge on any atom is -0.0181 e. The van der Waals surface area contributed by atoms with Crippen molar-refractivity contribution in [2.24, 2.45) is 0 Å². The van der Waals surface area contributed by atoms with Crippen LogP contribution in [0.4, 0.5) is 0 Å². The molecule has 1 heteroatoms. The predicted octanol–water partition coefficient (Wildman–Crippen LogP) is 4.88. The van der Waals surface area contributed by atoms with Crippen LogP contribution >= 0.6 is 9.24 Å². The first kappa shape index (κ1) is 18.3. The zero-order chi connectivity index (χ0) is 10.6. The lowest BCUT2D eigenvalue weighted by Crippen LogP contribution is -2.12. The second kappa shape index (κ2) is 14.0. The van der Waals surface area contributed by atoms with Crippen molar-refractivity contribution >= 4 is 9.24 Å². The summed E-state index contributed by atoms with van der Waals surface area (Å²) in [7, 11) is 2.91. The number of hydrogen-bond acceptors (Lipinski definition) is 0. The Balaban J connectivity index is -0.000000175. The molecule has 0 aromatic carbocycles. The van der Waals surface area contributed by atoms with E-state index in [0.29, 0.717) is 5.16 Å². The van der Waals surface area contributed by atoms with Crippen molar-refractivity contribution in [3.63, 3.8) is 0 Å². The third-order valence-corrected chi connectivity index (χ3v) is 2.33. The van der Waals surface area contributed by atoms with Gasteiger partial charge in [-0.15, -0.1) is 9.24 Å². The molecule has 0 aromatic heterocycles. The molecule has 0 aliphatic rings. The summed E-state index contributed by atoms with van der Waals surface area (Å²) in [5, 5.41) is 0.509. The normalized spacial score (nSPS) is 13.0. The minimum Gasteiger partial charge on any atom is -0.131 e. The monoisotopic (exact) mass is 192 g/mol. The molecule has 0 aromatic rings. The first-order valence-corrected chi connectivity index (χ1v) is 5.99. The van der Waals surface area contributed by atoms with Crippen molar-refractivity contribution in [2.45, 2.75) is 72.9 Å². The van der Waals surface area contributed by atoms with Gasteiger partial charge < -0.3 is 0 Å². The van der Waals surface area contributed by atoms with Gasteiger partial charge in [-0.05, 0) is 18.0 Å². The molecule has 0 heterocycles. The summed E-state index contributed by atoms with van der Waals surface area (Å²) in [5.41, 5.74) is 0. The van der Waals surface area contributed by atoms with Crippen molar-refractivity contribution in [1.82, 2.24) is 0 Å². The van der Waals surface area contributed by atoms with Crippen LogP contribution < -0.4 is 0 Å². The molecule has 2 atom stereocenters. The lowest BCUT2D eigenvalue weighted by Gasteiger charge is -2.20. The van der Waals surface area contributed by atoms with Crippen molar-refractivity contribution in [1.29, 1.82) is 0 Å². The molecule has 0 rings (SSSR count). The Kier molecular flexibility index (Phi) is 21.3. The highest BCUT2D eigenvalue weighted by Crippen LogP contribution is 2.26. The van der Waals surface area contributed by atoms with Crippen LogP contribution in [0, 0.1) is 0 Å². The average Bonchev–Trinajstić information content (AvgIpc) is 2.12. The zero-order valence-corrected chi connectivity index (χ0v) is 11.4. The minimum absolute atomic E-state index is 0.509. The summed E-state index contributed by atoms with van der Waals surface area (Å²) in [4.78, 5) is 0. The molecule has 0 aliphatic heterocycles. The van der Waals surface area contributed by atoms with E-state index in [-0.39, 0.29) is 0 Å². The van der Waals surface area contributed by atoms with Crippen molar-refractivity contribution in [3.8, 4) is 0 Å². The second-order valence-corrected chi connectivity index (χ2v) is 4.15. The topological polar surface area (TPSA) is 0 Å². The Bertz CT molecular complexity index is 58.0. The summed E-state index contributed by atoms with van der Waals surface area (Å²) in [6.45, 7) is 14.8. The van der Waals surface area contributed by atoms with Crippen LogP contribution in [0.3, 0.4) is 0 Å². The van der Waals surface area contributed by atoms with Crippen LogP contribution in [0.5, 0.6) is 0 Å². The summed E-state index contributed by atoms with van der Waals surface area (Å²) < 4.78 is 0. The van der Waals surface area contributed by atoms with Crippen LogP contribution in [-0.2, 0) is 0 Å². The van der Waals surface area contributed by atoms with Crippen molar-refractivity contribution in [2.75, 3.05) is 0 Å². The smallest absolute Gasteiger partial charge is 0.0181 e. The summed E-state index contributed by atoms with van der Waals surface area (Å²) >= 11 is 0. The molecule has 0 amide bonds. The fraction of sp³-hybridized carbons (Fsp3) is 1.00. The maximum atomic E-state index is 2.91. The SMILES string of the molecule is CC.CC.CCCC(C)(P)CC. The van der Waals surface area contributed by atoms with E-state index in [0.717, 1.165) is 0 Å². The fourth-order valence-electron chi connectivity index (χ4n) is 0.748. The Morgan fingerprint density at radius 3 is 1.42 bits per heavy atom. The fourth-order valence-corrected chi connectivity index (χ4v) is 1.04. The van der Waals surface area contributed by atoms with E-state index >= 15 is 0 Å². The highest BCUT2D eigenvalue weighted by atomic mass is 31.0. The van der Waals surface area contributed by atoms with Crippen LogP contribution in [0.2, 0.25) is 0 Å². The summed E-state index contributed by atoms with van der Waals surface area (Å²) in [6, 6.07) is 0. The van der Waals surface area contributed by atoms with Gasteiger partial charge >= 0.3 is 0 Å². The predicted molar refractivity (Wildman–Crippen MR) is 66.0 cm³/mol. The molecular weight excluding hydrogens is 163 g/mol. The van der Waals surface area contributed by atoms with Gasteiger partial charge in [0.05, 0.1) is 0 Å². The molecule has 2 unspecified atom stereocenters. The minimum atomic E-state index is 0.509. The van der Waals surface area contributed by atoms with Gasteiger partial charge in [0.25, 0.3) is 0 Å². The molecule has 12 heavy (non-hydrogen) atoms. The molecule has 0 spiro atoms. The Morgan fingerprint density at radius 1 is 1.00 bits per heavy atom. The third kappa shape index (κ3) is 16.8. The molecule has 0 radical (unpaired) electrons. The van der Waals surface area contributed by atoms with Gasteiger partial charge in [-0.1, -0.05) is 54.9 Å². The molecule has 0 fully saturated rings. The van der Waals surface area contributed by atoms with Gasteiger partial charge in [0.1, 0.15) is 0 Å². The second-order valence-electron chi connectivity index (χ2n) is 2.76. The van der Waals surface area contributed by atoms with E-state index < -0.39 is 0 Å². The van der Waals surface area contributed by atoms with E-state index in [4.69, 9.17) is 0 Å². The van der Waals surface area contributed by atoms with Crippen LogP contribution in [0.25, 0.3) is 0 Å². The Morgan fingerprint density at radius 2 is 1.33 bits per heavy atom. The molecule has 0 saturated heterocycles. The van der Waals surface area contributed by atoms with E-state index in [9.17, 15) is 0 Å². The Labute approximate surface area is 82.7 Å². The van der Waals surface area contributed by atoms with E-state index in [1.165, 1.54) is 19.3 Å². The lowest BCUT2D eigenvalue weighted by atomic mass is 10.0. The van der Waals surface area contributed by atoms with Crippen LogP contribution in [0.1, 0.15) is 67.7 Å². The highest BCUT2D eigenvalue weighted by Gasteiger charge is 2.12. The Hall–Kier alpha value is 0.430. The van der Waals surface area contributed by atoms with Gasteiger partial charge in [-0.3, -0.25) is 0 Å². The zero-order valence-electron chi connectivity index (χ0n) is 10.2. The van der Waals surface area contributed by atoms with Gasteiger partial charge in [-0.2, -0.15) is 0 Å². The highest BCUT2D eigenvalue weighted by molar-refractivity contribution is 7.18. The molecule has 0 aliphatic carbocycles. The largest absolute Gasteiger partial charge is 0.131 e. The lowest BCUT2D eigenvalue weighted by molar-refractivity contribution is 0.559. The number of rotatable bonds is 3. The first-order chi connectivity index (χ1) is 5.62. The van der Waals surface area contributed by atoms with Gasteiger partial charge in [0.2, 0.25) is 0 Å². The standard InChI is InChI=1S/C7H17P.2C2H6/c1-4-6-7(3,8)5-2;2*1-2/h4-6,8H2,1-3H3;2*1-2H3. The van der Waals surface area contributed by atoms with Gasteiger partial charge in [0.15, 0.2) is 0 Å². The van der Waals surface area contributed by atoms with E-state index in [1.54, 1.807) is 0 Å². The van der Waals surface area contributed by atoms with Crippen molar-refractivity contribution in [3.05, 3.63) is 0 Å². The molecule has 0 bridgehead atoms. The van der Waals surface area contributed by atoms with Crippen LogP contribution in [0.15, 0.2) is 0 Å². The van der Waals surface area contributed by atoms with Gasteiger partial charge in [0, 0.05) is 0 Å². The first-order valence-electron chi connectivity index (χ1n) is 5.41. The molecular formula is C11H29P. The van der Waals surface area contributed by atoms with E-state index in [2.05, 4.69) is 30.0 Å². The van der Waals surface area contributed by atoms with Gasteiger partial charge in [-0.25, -0.2) is 0 Å². The van der Waals surface area contributed by atoms with E-state index in [1.807, 2.05) is 27.7 Å². The molecule has 0 N–H and O–H groups in total.